The number of carbonyl (C=O) groups is 1. The third kappa shape index (κ3) is 2.95. The Labute approximate surface area is 149 Å². The maximum atomic E-state index is 12.0. The summed E-state index contributed by atoms with van der Waals surface area (Å²) < 4.78 is 1.57. The number of pyridine rings is 2. The van der Waals surface area contributed by atoms with E-state index in [4.69, 9.17) is 5.26 Å². The van der Waals surface area contributed by atoms with Crippen LogP contribution < -0.4 is 10.6 Å². The van der Waals surface area contributed by atoms with Crippen molar-refractivity contribution >= 4 is 28.3 Å². The molecule has 1 aliphatic rings. The molecule has 1 aliphatic carbocycles. The number of fused-ring (bicyclic) bond motifs is 1. The van der Waals surface area contributed by atoms with Crippen molar-refractivity contribution in [3.05, 3.63) is 30.7 Å². The molecule has 1 amide bonds. The fraction of sp³-hybridized carbons (Fsp3) is 0.278. The maximum absolute atomic E-state index is 12.0. The number of rotatable bonds is 5. The molecule has 0 unspecified atom stereocenters. The van der Waals surface area contributed by atoms with Gasteiger partial charge in [0.15, 0.2) is 0 Å². The molecule has 4 rings (SSSR count). The highest BCUT2D eigenvalue weighted by Crippen LogP contribution is 2.33. The zero-order valence-electron chi connectivity index (χ0n) is 14.2. The van der Waals surface area contributed by atoms with Crippen molar-refractivity contribution in [2.45, 2.75) is 19.4 Å². The van der Waals surface area contributed by atoms with Gasteiger partial charge in [0.1, 0.15) is 18.2 Å². The van der Waals surface area contributed by atoms with E-state index in [0.29, 0.717) is 17.3 Å². The number of carbonyl (C=O) groups excluding carboxylic acids is 1. The van der Waals surface area contributed by atoms with E-state index in [9.17, 15) is 4.79 Å². The Bertz CT molecular complexity index is 1030. The lowest BCUT2D eigenvalue weighted by Gasteiger charge is -2.11. The molecular formula is C18H17N7O. The average molecular weight is 347 g/mol. The third-order valence-corrected chi connectivity index (χ3v) is 4.36. The molecule has 26 heavy (non-hydrogen) atoms. The van der Waals surface area contributed by atoms with Crippen molar-refractivity contribution in [3.63, 3.8) is 0 Å². The molecule has 0 bridgehead atoms. The van der Waals surface area contributed by atoms with Crippen molar-refractivity contribution in [2.24, 2.45) is 5.92 Å². The van der Waals surface area contributed by atoms with Crippen LogP contribution in [0, 0.1) is 17.2 Å². The van der Waals surface area contributed by atoms with Crippen LogP contribution in [0.3, 0.4) is 0 Å². The lowest BCUT2D eigenvalue weighted by Crippen LogP contribution is -2.14. The lowest BCUT2D eigenvalue weighted by atomic mass is 10.1. The van der Waals surface area contributed by atoms with E-state index < -0.39 is 0 Å². The first-order chi connectivity index (χ1) is 12.7. The topological polar surface area (TPSA) is 109 Å². The van der Waals surface area contributed by atoms with E-state index in [1.807, 2.05) is 12.1 Å². The molecule has 0 aromatic carbocycles. The first kappa shape index (κ1) is 16.0. The molecular weight excluding hydrogens is 330 g/mol. The van der Waals surface area contributed by atoms with Gasteiger partial charge in [-0.05, 0) is 25.0 Å². The standard InChI is InChI=1S/C18H17N7O/c1-20-17-14-10-21-16(23-18(26)11-2-3-11)8-12(14)13(9-22-17)15-4-6-25(24-15)7-5-19/h4,6,8-11H,2-3,7H2,1H3,(H,20,22)(H,21,23,26). The zero-order chi connectivity index (χ0) is 18.1. The predicted octanol–water partition coefficient (Wildman–Crippen LogP) is 2.41. The number of nitrogens with zero attached hydrogens (tertiary/aromatic N) is 5. The summed E-state index contributed by atoms with van der Waals surface area (Å²) >= 11 is 0. The Morgan fingerprint density at radius 2 is 2.19 bits per heavy atom. The first-order valence-corrected chi connectivity index (χ1v) is 8.37. The van der Waals surface area contributed by atoms with Crippen molar-refractivity contribution in [2.75, 3.05) is 17.7 Å². The Kier molecular flexibility index (Phi) is 3.97. The second kappa shape index (κ2) is 6.44. The minimum Gasteiger partial charge on any atom is -0.373 e. The molecule has 2 N–H and O–H groups in total. The molecule has 3 aromatic heterocycles. The molecule has 8 nitrogen and oxygen atoms in total. The summed E-state index contributed by atoms with van der Waals surface area (Å²) in [6, 6.07) is 5.76. The van der Waals surface area contributed by atoms with Gasteiger partial charge in [-0.3, -0.25) is 9.48 Å². The van der Waals surface area contributed by atoms with Crippen LogP contribution in [0.1, 0.15) is 12.8 Å². The van der Waals surface area contributed by atoms with E-state index in [0.717, 1.165) is 29.2 Å². The number of nitriles is 1. The second-order valence-corrected chi connectivity index (χ2v) is 6.21. The Morgan fingerprint density at radius 3 is 2.92 bits per heavy atom. The number of amides is 1. The summed E-state index contributed by atoms with van der Waals surface area (Å²) in [6.07, 6.45) is 7.07. The first-order valence-electron chi connectivity index (χ1n) is 8.37. The van der Waals surface area contributed by atoms with E-state index in [1.165, 1.54) is 0 Å². The summed E-state index contributed by atoms with van der Waals surface area (Å²) in [4.78, 5) is 20.8. The molecule has 130 valence electrons. The third-order valence-electron chi connectivity index (χ3n) is 4.36. The smallest absolute Gasteiger partial charge is 0.228 e. The maximum Gasteiger partial charge on any atom is 0.228 e. The van der Waals surface area contributed by atoms with Crippen LogP contribution in [0.15, 0.2) is 30.7 Å². The fourth-order valence-electron chi connectivity index (χ4n) is 2.85. The highest BCUT2D eigenvalue weighted by atomic mass is 16.2. The van der Waals surface area contributed by atoms with Gasteiger partial charge in [-0.2, -0.15) is 10.4 Å². The van der Waals surface area contributed by atoms with Crippen LogP contribution in [0.2, 0.25) is 0 Å². The van der Waals surface area contributed by atoms with Gasteiger partial charge >= 0.3 is 0 Å². The number of nitrogens with one attached hydrogen (secondary N) is 2. The van der Waals surface area contributed by atoms with Crippen LogP contribution in [0.4, 0.5) is 11.6 Å². The number of aromatic nitrogens is 4. The van der Waals surface area contributed by atoms with Gasteiger partial charge in [-0.1, -0.05) is 0 Å². The van der Waals surface area contributed by atoms with Crippen molar-refractivity contribution in [3.8, 4) is 17.3 Å². The van der Waals surface area contributed by atoms with Crippen LogP contribution in [-0.4, -0.2) is 32.7 Å². The fourth-order valence-corrected chi connectivity index (χ4v) is 2.85. The van der Waals surface area contributed by atoms with E-state index >= 15 is 0 Å². The van der Waals surface area contributed by atoms with Crippen LogP contribution in [0.5, 0.6) is 0 Å². The molecule has 0 atom stereocenters. The Hall–Kier alpha value is -3.47. The molecule has 0 saturated heterocycles. The minimum absolute atomic E-state index is 0.0135. The predicted molar refractivity (Wildman–Crippen MR) is 97.3 cm³/mol. The van der Waals surface area contributed by atoms with Crippen molar-refractivity contribution in [1.29, 1.82) is 5.26 Å². The summed E-state index contributed by atoms with van der Waals surface area (Å²) in [7, 11) is 1.80. The lowest BCUT2D eigenvalue weighted by molar-refractivity contribution is -0.117. The monoisotopic (exact) mass is 347 g/mol. The quantitative estimate of drug-likeness (QED) is 0.733. The van der Waals surface area contributed by atoms with Crippen LogP contribution in [0.25, 0.3) is 22.0 Å². The van der Waals surface area contributed by atoms with Gasteiger partial charge in [0.05, 0.1) is 11.8 Å². The van der Waals surface area contributed by atoms with Gasteiger partial charge < -0.3 is 10.6 Å². The molecule has 0 radical (unpaired) electrons. The molecule has 0 aliphatic heterocycles. The summed E-state index contributed by atoms with van der Waals surface area (Å²) in [6.45, 7) is 0.185. The summed E-state index contributed by atoms with van der Waals surface area (Å²) in [5.41, 5.74) is 1.53. The molecule has 3 aromatic rings. The van der Waals surface area contributed by atoms with Crippen LogP contribution >= 0.6 is 0 Å². The number of hydrogen-bond donors (Lipinski definition) is 2. The molecule has 8 heteroatoms. The minimum atomic E-state index is 0.0135. The van der Waals surface area contributed by atoms with E-state index in [2.05, 4.69) is 31.8 Å². The van der Waals surface area contributed by atoms with Gasteiger partial charge in [0, 0.05) is 47.9 Å². The van der Waals surface area contributed by atoms with Gasteiger partial charge in [-0.15, -0.1) is 0 Å². The highest BCUT2D eigenvalue weighted by Gasteiger charge is 2.29. The van der Waals surface area contributed by atoms with Crippen molar-refractivity contribution < 1.29 is 4.79 Å². The summed E-state index contributed by atoms with van der Waals surface area (Å²) in [5.74, 6) is 1.34. The summed E-state index contributed by atoms with van der Waals surface area (Å²) in [5, 5.41) is 20.9. The second-order valence-electron chi connectivity index (χ2n) is 6.21. The highest BCUT2D eigenvalue weighted by molar-refractivity contribution is 6.03. The number of hydrogen-bond acceptors (Lipinski definition) is 6. The number of anilines is 2. The average Bonchev–Trinajstić information content (AvgIpc) is 3.41. The zero-order valence-corrected chi connectivity index (χ0v) is 14.2. The Balaban J connectivity index is 1.79. The van der Waals surface area contributed by atoms with Gasteiger partial charge in [-0.25, -0.2) is 9.97 Å². The SMILES string of the molecule is CNc1ncc(-c2ccn(CC#N)n2)c2cc(NC(=O)C3CC3)ncc12. The van der Waals surface area contributed by atoms with Crippen molar-refractivity contribution in [1.82, 2.24) is 19.7 Å². The Morgan fingerprint density at radius 1 is 1.35 bits per heavy atom. The molecule has 1 fully saturated rings. The molecule has 1 saturated carbocycles. The van der Waals surface area contributed by atoms with E-state index in [1.54, 1.807) is 30.3 Å². The molecule has 3 heterocycles. The van der Waals surface area contributed by atoms with Crippen LogP contribution in [-0.2, 0) is 11.3 Å². The van der Waals surface area contributed by atoms with E-state index in [-0.39, 0.29) is 18.4 Å². The van der Waals surface area contributed by atoms with Gasteiger partial charge in [0.25, 0.3) is 0 Å². The normalized spacial score (nSPS) is 13.4. The largest absolute Gasteiger partial charge is 0.373 e. The van der Waals surface area contributed by atoms with Gasteiger partial charge in [0.2, 0.25) is 5.91 Å². The molecule has 0 spiro atoms.